The summed E-state index contributed by atoms with van der Waals surface area (Å²) in [7, 11) is 1.39. The van der Waals surface area contributed by atoms with Crippen LogP contribution in [0.5, 0.6) is 0 Å². The second kappa shape index (κ2) is 5.02. The second-order valence-corrected chi connectivity index (χ2v) is 5.97. The van der Waals surface area contributed by atoms with Crippen LogP contribution in [-0.2, 0) is 9.53 Å². The second-order valence-electron chi connectivity index (χ2n) is 5.97. The van der Waals surface area contributed by atoms with E-state index in [1.807, 2.05) is 12.1 Å². The van der Waals surface area contributed by atoms with E-state index in [9.17, 15) is 9.59 Å². The van der Waals surface area contributed by atoms with Gasteiger partial charge in [-0.2, -0.15) is 0 Å². The average Bonchev–Trinajstić information content (AvgIpc) is 2.45. The molecule has 2 aliphatic rings. The molecule has 1 aliphatic heterocycles. The predicted molar refractivity (Wildman–Crippen MR) is 74.4 cm³/mol. The maximum Gasteiger partial charge on any atom is 0.337 e. The minimum atomic E-state index is -0.311. The molecular weight excluding hydrogens is 254 g/mol. The first-order valence-corrected chi connectivity index (χ1v) is 7.05. The minimum Gasteiger partial charge on any atom is -0.465 e. The number of carbonyl (C=O) groups is 2. The van der Waals surface area contributed by atoms with Gasteiger partial charge in [-0.1, -0.05) is 12.1 Å². The fourth-order valence-corrected chi connectivity index (χ4v) is 3.43. The number of nitrogens with one attached hydrogen (secondary N) is 1. The zero-order chi connectivity index (χ0) is 14.2. The van der Waals surface area contributed by atoms with Crippen LogP contribution < -0.4 is 5.32 Å². The maximum atomic E-state index is 11.4. The maximum absolute atomic E-state index is 11.4. The van der Waals surface area contributed by atoms with Crippen LogP contribution in [0.15, 0.2) is 24.3 Å². The van der Waals surface area contributed by atoms with E-state index in [0.717, 1.165) is 32.2 Å². The highest BCUT2D eigenvalue weighted by Crippen LogP contribution is 2.49. The molecule has 106 valence electrons. The van der Waals surface area contributed by atoms with E-state index >= 15 is 0 Å². The summed E-state index contributed by atoms with van der Waals surface area (Å²) in [5, 5.41) is 3.51. The Hall–Kier alpha value is -1.68. The van der Waals surface area contributed by atoms with Gasteiger partial charge >= 0.3 is 5.97 Å². The SMILES string of the molecule is COC(=O)c1ccc(C2CC3(CCN2)CC(=O)C3)cc1. The van der Waals surface area contributed by atoms with Gasteiger partial charge in [-0.3, -0.25) is 4.79 Å². The lowest BCUT2D eigenvalue weighted by Crippen LogP contribution is -2.47. The molecule has 1 aromatic rings. The first kappa shape index (κ1) is 13.3. The topological polar surface area (TPSA) is 55.4 Å². The molecule has 1 aliphatic carbocycles. The van der Waals surface area contributed by atoms with Crippen LogP contribution in [0.25, 0.3) is 0 Å². The van der Waals surface area contributed by atoms with Gasteiger partial charge in [-0.25, -0.2) is 4.79 Å². The molecule has 1 N–H and O–H groups in total. The summed E-state index contributed by atoms with van der Waals surface area (Å²) in [6.45, 7) is 0.955. The molecule has 4 nitrogen and oxygen atoms in total. The number of rotatable bonds is 2. The number of piperidine rings is 1. The van der Waals surface area contributed by atoms with Crippen LogP contribution in [0.1, 0.15) is 47.6 Å². The molecule has 20 heavy (non-hydrogen) atoms. The number of carbonyl (C=O) groups excluding carboxylic acids is 2. The fourth-order valence-electron chi connectivity index (χ4n) is 3.43. The van der Waals surface area contributed by atoms with E-state index in [4.69, 9.17) is 4.74 Å². The Bertz CT molecular complexity index is 527. The van der Waals surface area contributed by atoms with E-state index in [1.165, 1.54) is 12.7 Å². The molecule has 1 aromatic carbocycles. The number of esters is 1. The van der Waals surface area contributed by atoms with Crippen molar-refractivity contribution in [2.45, 2.75) is 31.7 Å². The van der Waals surface area contributed by atoms with Gasteiger partial charge in [0.15, 0.2) is 0 Å². The van der Waals surface area contributed by atoms with Gasteiger partial charge in [0.1, 0.15) is 5.78 Å². The lowest BCUT2D eigenvalue weighted by atomic mass is 9.60. The molecule has 1 saturated carbocycles. The van der Waals surface area contributed by atoms with Gasteiger partial charge in [0, 0.05) is 18.9 Å². The Morgan fingerprint density at radius 1 is 1.30 bits per heavy atom. The van der Waals surface area contributed by atoms with E-state index in [1.54, 1.807) is 12.1 Å². The molecule has 0 bridgehead atoms. The van der Waals surface area contributed by atoms with Crippen LogP contribution >= 0.6 is 0 Å². The van der Waals surface area contributed by atoms with Crippen molar-refractivity contribution in [3.63, 3.8) is 0 Å². The molecular formula is C16H19NO3. The van der Waals surface area contributed by atoms with Crippen molar-refractivity contribution >= 4 is 11.8 Å². The van der Waals surface area contributed by atoms with E-state index < -0.39 is 0 Å². The van der Waals surface area contributed by atoms with Gasteiger partial charge in [0.05, 0.1) is 12.7 Å². The van der Waals surface area contributed by atoms with Gasteiger partial charge < -0.3 is 10.1 Å². The zero-order valence-electron chi connectivity index (χ0n) is 11.6. The molecule has 0 aromatic heterocycles. The molecule has 1 heterocycles. The van der Waals surface area contributed by atoms with Crippen LogP contribution in [0, 0.1) is 5.41 Å². The monoisotopic (exact) mass is 273 g/mol. The van der Waals surface area contributed by atoms with Crippen molar-refractivity contribution in [3.8, 4) is 0 Å². The summed E-state index contributed by atoms with van der Waals surface area (Å²) in [6.07, 6.45) is 3.59. The molecule has 1 unspecified atom stereocenters. The Kier molecular flexibility index (Phi) is 3.34. The largest absolute Gasteiger partial charge is 0.465 e. The number of ketones is 1. The van der Waals surface area contributed by atoms with Gasteiger partial charge in [0.2, 0.25) is 0 Å². The number of methoxy groups -OCH3 is 1. The predicted octanol–water partition coefficient (Wildman–Crippen LogP) is 2.25. The minimum absolute atomic E-state index is 0.230. The third-order valence-corrected chi connectivity index (χ3v) is 4.56. The summed E-state index contributed by atoms with van der Waals surface area (Å²) in [5.74, 6) is 0.0842. The highest BCUT2D eigenvalue weighted by Gasteiger charge is 2.46. The Morgan fingerprint density at radius 3 is 2.60 bits per heavy atom. The molecule has 1 spiro atoms. The van der Waals surface area contributed by atoms with Crippen molar-refractivity contribution in [2.75, 3.05) is 13.7 Å². The zero-order valence-corrected chi connectivity index (χ0v) is 11.6. The third kappa shape index (κ3) is 2.36. The standard InChI is InChI=1S/C16H19NO3/c1-20-15(19)12-4-2-11(3-5-12)14-10-16(6-7-17-14)8-13(18)9-16/h2-5,14,17H,6-10H2,1H3. The Balaban J connectivity index is 1.72. The molecule has 0 radical (unpaired) electrons. The summed E-state index contributed by atoms with van der Waals surface area (Å²) in [4.78, 5) is 22.7. The lowest BCUT2D eigenvalue weighted by molar-refractivity contribution is -0.135. The van der Waals surface area contributed by atoms with Gasteiger partial charge in [0.25, 0.3) is 0 Å². The van der Waals surface area contributed by atoms with E-state index in [-0.39, 0.29) is 17.4 Å². The van der Waals surface area contributed by atoms with Gasteiger partial charge in [-0.15, -0.1) is 0 Å². The third-order valence-electron chi connectivity index (χ3n) is 4.56. The molecule has 1 saturated heterocycles. The van der Waals surface area contributed by atoms with Crippen LogP contribution in [0.2, 0.25) is 0 Å². The number of hydrogen-bond donors (Lipinski definition) is 1. The number of hydrogen-bond acceptors (Lipinski definition) is 4. The van der Waals surface area contributed by atoms with Crippen LogP contribution in [0.4, 0.5) is 0 Å². The summed E-state index contributed by atoms with van der Waals surface area (Å²) in [6, 6.07) is 7.84. The first-order valence-electron chi connectivity index (χ1n) is 7.05. The fraction of sp³-hybridized carbons (Fsp3) is 0.500. The van der Waals surface area contributed by atoms with Crippen LogP contribution in [0.3, 0.4) is 0 Å². The summed E-state index contributed by atoms with van der Waals surface area (Å²) >= 11 is 0. The number of ether oxygens (including phenoxy) is 1. The van der Waals surface area contributed by atoms with Crippen molar-refractivity contribution in [2.24, 2.45) is 5.41 Å². The highest BCUT2D eigenvalue weighted by molar-refractivity contribution is 5.89. The molecule has 0 amide bonds. The molecule has 4 heteroatoms. The average molecular weight is 273 g/mol. The lowest BCUT2D eigenvalue weighted by Gasteiger charge is -2.46. The van der Waals surface area contributed by atoms with Crippen molar-refractivity contribution in [1.82, 2.24) is 5.32 Å². The first-order chi connectivity index (χ1) is 9.62. The van der Waals surface area contributed by atoms with Gasteiger partial charge in [-0.05, 0) is 42.5 Å². The smallest absolute Gasteiger partial charge is 0.337 e. The number of Topliss-reactive ketones (excluding diaryl/α,β-unsaturated/α-hetero) is 1. The molecule has 3 rings (SSSR count). The quantitative estimate of drug-likeness (QED) is 0.840. The summed E-state index contributed by atoms with van der Waals surface area (Å²) < 4.78 is 4.70. The van der Waals surface area contributed by atoms with E-state index in [0.29, 0.717) is 11.3 Å². The molecule has 1 atom stereocenters. The van der Waals surface area contributed by atoms with Crippen LogP contribution in [-0.4, -0.2) is 25.4 Å². The summed E-state index contributed by atoms with van der Waals surface area (Å²) in [5.41, 5.74) is 1.98. The Labute approximate surface area is 118 Å². The highest BCUT2D eigenvalue weighted by atomic mass is 16.5. The normalized spacial score (nSPS) is 24.2. The number of benzene rings is 1. The van der Waals surface area contributed by atoms with Crippen molar-refractivity contribution in [3.05, 3.63) is 35.4 Å². The van der Waals surface area contributed by atoms with Crippen molar-refractivity contribution < 1.29 is 14.3 Å². The van der Waals surface area contributed by atoms with Crippen molar-refractivity contribution in [1.29, 1.82) is 0 Å². The Morgan fingerprint density at radius 2 is 2.00 bits per heavy atom. The van der Waals surface area contributed by atoms with E-state index in [2.05, 4.69) is 5.32 Å². The molecule has 2 fully saturated rings.